The zero-order valence-electron chi connectivity index (χ0n) is 9.83. The Kier molecular flexibility index (Phi) is 5.87. The number of carbonyl (C=O) groups excluding carboxylic acids is 1. The molecule has 0 aliphatic carbocycles. The van der Waals surface area contributed by atoms with E-state index in [9.17, 15) is 13.6 Å². The maximum atomic E-state index is 13.6. The molecule has 1 aromatic carbocycles. The number of carbonyl (C=O) groups is 1. The predicted octanol–water partition coefficient (Wildman–Crippen LogP) is 1.14. The largest absolute Gasteiger partial charge is 0.478 e. The van der Waals surface area contributed by atoms with E-state index in [4.69, 9.17) is 10.5 Å². The Morgan fingerprint density at radius 1 is 1.44 bits per heavy atom. The van der Waals surface area contributed by atoms with Crippen LogP contribution in [0.15, 0.2) is 17.0 Å². The van der Waals surface area contributed by atoms with E-state index < -0.39 is 29.9 Å². The van der Waals surface area contributed by atoms with Crippen molar-refractivity contribution in [1.82, 2.24) is 5.32 Å². The van der Waals surface area contributed by atoms with Crippen LogP contribution in [-0.2, 0) is 4.79 Å². The first kappa shape index (κ1) is 14.7. The Morgan fingerprint density at radius 2 is 2.06 bits per heavy atom. The fourth-order valence-electron chi connectivity index (χ4n) is 1.14. The first-order valence-corrected chi connectivity index (χ1v) is 6.22. The van der Waals surface area contributed by atoms with Gasteiger partial charge >= 0.3 is 0 Å². The molecule has 1 amide bonds. The van der Waals surface area contributed by atoms with Gasteiger partial charge in [0.2, 0.25) is 0 Å². The van der Waals surface area contributed by atoms with Gasteiger partial charge in [-0.15, -0.1) is 11.8 Å². The molecule has 1 aromatic rings. The second-order valence-corrected chi connectivity index (χ2v) is 4.48. The highest BCUT2D eigenvalue weighted by molar-refractivity contribution is 7.99. The molecule has 7 heteroatoms. The summed E-state index contributed by atoms with van der Waals surface area (Å²) in [6.45, 7) is -0.0115. The van der Waals surface area contributed by atoms with Gasteiger partial charge in [0.15, 0.2) is 24.0 Å². The van der Waals surface area contributed by atoms with E-state index in [1.807, 2.05) is 0 Å². The standard InChI is InChI=1S/C11H14F2N2O2S/c1-15-10(16)6-17-11-8(12)4-7(5-9(11)13)18-3-2-14/h4-5H,2-3,6,14H2,1H3,(H,15,16). The van der Waals surface area contributed by atoms with Gasteiger partial charge in [-0.05, 0) is 12.1 Å². The van der Waals surface area contributed by atoms with Gasteiger partial charge < -0.3 is 15.8 Å². The number of thioether (sulfide) groups is 1. The maximum absolute atomic E-state index is 13.6. The number of rotatable bonds is 6. The Labute approximate surface area is 108 Å². The minimum atomic E-state index is -0.835. The van der Waals surface area contributed by atoms with E-state index in [0.29, 0.717) is 17.2 Å². The number of amides is 1. The molecule has 0 fully saturated rings. The molecule has 0 heterocycles. The molecular weight excluding hydrogens is 262 g/mol. The van der Waals surface area contributed by atoms with Crippen molar-refractivity contribution >= 4 is 17.7 Å². The molecule has 0 spiro atoms. The Hall–Kier alpha value is -1.34. The van der Waals surface area contributed by atoms with E-state index in [1.165, 1.54) is 18.8 Å². The highest BCUT2D eigenvalue weighted by atomic mass is 32.2. The van der Waals surface area contributed by atoms with E-state index in [2.05, 4.69) is 5.32 Å². The number of nitrogens with one attached hydrogen (secondary N) is 1. The van der Waals surface area contributed by atoms with Crippen molar-refractivity contribution in [3.05, 3.63) is 23.8 Å². The SMILES string of the molecule is CNC(=O)COc1c(F)cc(SCCN)cc1F. The third-order valence-corrected chi connectivity index (χ3v) is 2.99. The lowest BCUT2D eigenvalue weighted by molar-refractivity contribution is -0.122. The lowest BCUT2D eigenvalue weighted by Gasteiger charge is -2.09. The summed E-state index contributed by atoms with van der Waals surface area (Å²) < 4.78 is 31.9. The van der Waals surface area contributed by atoms with Crippen molar-refractivity contribution in [2.24, 2.45) is 5.73 Å². The molecule has 0 atom stereocenters. The van der Waals surface area contributed by atoms with Crippen LogP contribution in [0.2, 0.25) is 0 Å². The number of benzene rings is 1. The third-order valence-electron chi connectivity index (χ3n) is 1.98. The van der Waals surface area contributed by atoms with Crippen LogP contribution in [0.4, 0.5) is 8.78 Å². The van der Waals surface area contributed by atoms with Crippen LogP contribution in [0.1, 0.15) is 0 Å². The number of hydrogen-bond acceptors (Lipinski definition) is 4. The number of halogens is 2. The fraction of sp³-hybridized carbons (Fsp3) is 0.364. The topological polar surface area (TPSA) is 64.3 Å². The average molecular weight is 276 g/mol. The van der Waals surface area contributed by atoms with Gasteiger partial charge in [-0.25, -0.2) is 8.78 Å². The van der Waals surface area contributed by atoms with Gasteiger partial charge in [-0.1, -0.05) is 0 Å². The zero-order valence-corrected chi connectivity index (χ0v) is 10.7. The quantitative estimate of drug-likeness (QED) is 0.765. The Balaban J connectivity index is 2.77. The van der Waals surface area contributed by atoms with E-state index in [1.54, 1.807) is 0 Å². The van der Waals surface area contributed by atoms with Crippen molar-refractivity contribution < 1.29 is 18.3 Å². The maximum Gasteiger partial charge on any atom is 0.257 e. The summed E-state index contributed by atoms with van der Waals surface area (Å²) in [4.78, 5) is 11.4. The lowest BCUT2D eigenvalue weighted by atomic mass is 10.3. The van der Waals surface area contributed by atoms with E-state index in [-0.39, 0.29) is 0 Å². The molecule has 3 N–H and O–H groups in total. The number of hydrogen-bond donors (Lipinski definition) is 2. The summed E-state index contributed by atoms with van der Waals surface area (Å²) in [5, 5.41) is 2.29. The van der Waals surface area contributed by atoms with Crippen molar-refractivity contribution in [1.29, 1.82) is 0 Å². The van der Waals surface area contributed by atoms with Crippen LogP contribution < -0.4 is 15.8 Å². The van der Waals surface area contributed by atoms with Gasteiger partial charge in [0.25, 0.3) is 5.91 Å². The molecule has 0 unspecified atom stereocenters. The molecular formula is C11H14F2N2O2S. The molecule has 0 aromatic heterocycles. The van der Waals surface area contributed by atoms with Crippen molar-refractivity contribution in [2.75, 3.05) is 26.0 Å². The van der Waals surface area contributed by atoms with Crippen LogP contribution in [0.3, 0.4) is 0 Å². The van der Waals surface area contributed by atoms with Crippen molar-refractivity contribution in [3.63, 3.8) is 0 Å². The van der Waals surface area contributed by atoms with Crippen LogP contribution in [0.5, 0.6) is 5.75 Å². The summed E-state index contributed by atoms with van der Waals surface area (Å²) in [6, 6.07) is 2.31. The Morgan fingerprint density at radius 3 is 2.56 bits per heavy atom. The second kappa shape index (κ2) is 7.17. The fourth-order valence-corrected chi connectivity index (χ4v) is 1.87. The molecule has 0 saturated heterocycles. The first-order chi connectivity index (χ1) is 8.58. The summed E-state index contributed by atoms with van der Waals surface area (Å²) >= 11 is 1.25. The number of ether oxygens (including phenoxy) is 1. The summed E-state index contributed by atoms with van der Waals surface area (Å²) in [6.07, 6.45) is 0. The number of nitrogens with two attached hydrogens (primary N) is 1. The second-order valence-electron chi connectivity index (χ2n) is 3.32. The monoisotopic (exact) mass is 276 g/mol. The average Bonchev–Trinajstić information content (AvgIpc) is 2.34. The molecule has 0 aliphatic heterocycles. The van der Waals surface area contributed by atoms with Gasteiger partial charge in [0.05, 0.1) is 0 Å². The van der Waals surface area contributed by atoms with Gasteiger partial charge in [0, 0.05) is 24.2 Å². The summed E-state index contributed by atoms with van der Waals surface area (Å²) in [7, 11) is 1.41. The molecule has 0 bridgehead atoms. The first-order valence-electron chi connectivity index (χ1n) is 5.23. The zero-order chi connectivity index (χ0) is 13.5. The Bertz CT molecular complexity index is 406. The normalized spacial score (nSPS) is 10.2. The third kappa shape index (κ3) is 4.15. The van der Waals surface area contributed by atoms with Crippen LogP contribution in [0, 0.1) is 11.6 Å². The van der Waals surface area contributed by atoms with Crippen molar-refractivity contribution in [2.45, 2.75) is 4.90 Å². The minimum Gasteiger partial charge on any atom is -0.478 e. The van der Waals surface area contributed by atoms with Gasteiger partial charge in [-0.3, -0.25) is 4.79 Å². The highest BCUT2D eigenvalue weighted by Crippen LogP contribution is 2.28. The lowest BCUT2D eigenvalue weighted by Crippen LogP contribution is -2.25. The van der Waals surface area contributed by atoms with Gasteiger partial charge in [-0.2, -0.15) is 0 Å². The predicted molar refractivity (Wildman–Crippen MR) is 65.7 cm³/mol. The molecule has 0 saturated carbocycles. The molecule has 1 rings (SSSR count). The van der Waals surface area contributed by atoms with E-state index >= 15 is 0 Å². The molecule has 4 nitrogen and oxygen atoms in total. The molecule has 18 heavy (non-hydrogen) atoms. The summed E-state index contributed by atoms with van der Waals surface area (Å²) in [5.74, 6) is -2.11. The minimum absolute atomic E-state index is 0.419. The van der Waals surface area contributed by atoms with Crippen molar-refractivity contribution in [3.8, 4) is 5.75 Å². The van der Waals surface area contributed by atoms with Crippen LogP contribution in [0.25, 0.3) is 0 Å². The number of likely N-dealkylation sites (N-methyl/N-ethyl adjacent to an activating group) is 1. The van der Waals surface area contributed by atoms with Crippen LogP contribution in [-0.4, -0.2) is 31.9 Å². The van der Waals surface area contributed by atoms with Gasteiger partial charge in [0.1, 0.15) is 0 Å². The van der Waals surface area contributed by atoms with Crippen LogP contribution >= 0.6 is 11.8 Å². The van der Waals surface area contributed by atoms with E-state index in [0.717, 1.165) is 12.1 Å². The molecule has 100 valence electrons. The molecule has 0 aliphatic rings. The summed E-state index contributed by atoms with van der Waals surface area (Å²) in [5.41, 5.74) is 5.30. The highest BCUT2D eigenvalue weighted by Gasteiger charge is 2.14. The molecule has 0 radical (unpaired) electrons. The smallest absolute Gasteiger partial charge is 0.257 e.